The Morgan fingerprint density at radius 3 is 0.871 bits per heavy atom. The summed E-state index contributed by atoms with van der Waals surface area (Å²) < 4.78 is 0. The van der Waals surface area contributed by atoms with Gasteiger partial charge < -0.3 is 20.6 Å². The van der Waals surface area contributed by atoms with Crippen LogP contribution in [0.5, 0.6) is 0 Å². The molecule has 3 atom stereocenters. The summed E-state index contributed by atoms with van der Waals surface area (Å²) in [6.07, 6.45) is 80.9. The monoisotopic (exact) mass is 982 g/mol. The molecule has 1 amide bonds. The molecule has 70 heavy (non-hydrogen) atoms. The van der Waals surface area contributed by atoms with Gasteiger partial charge in [-0.15, -0.1) is 0 Å². The highest BCUT2D eigenvalue weighted by atomic mass is 16.3. The van der Waals surface area contributed by atoms with Crippen molar-refractivity contribution in [3.05, 3.63) is 48.6 Å². The van der Waals surface area contributed by atoms with E-state index in [1.54, 1.807) is 6.08 Å². The number of aliphatic hydroxyl groups is 3. The topological polar surface area (TPSA) is 89.8 Å². The molecule has 0 fully saturated rings. The molecular weight excluding hydrogens is 859 g/mol. The third-order valence-corrected chi connectivity index (χ3v) is 14.6. The fourth-order valence-corrected chi connectivity index (χ4v) is 9.75. The van der Waals surface area contributed by atoms with E-state index in [-0.39, 0.29) is 6.61 Å². The van der Waals surface area contributed by atoms with Gasteiger partial charge in [0, 0.05) is 0 Å². The molecule has 0 spiro atoms. The zero-order valence-corrected chi connectivity index (χ0v) is 47.2. The Kier molecular flexibility index (Phi) is 58.4. The van der Waals surface area contributed by atoms with Crippen molar-refractivity contribution in [2.45, 2.75) is 353 Å². The number of aliphatic hydroxyl groups excluding tert-OH is 3. The second-order valence-corrected chi connectivity index (χ2v) is 21.6. The van der Waals surface area contributed by atoms with Crippen LogP contribution in [0.25, 0.3) is 0 Å². The smallest absolute Gasteiger partial charge is 0.249 e. The standard InChI is InChI=1S/C65H123NO4/c1-3-5-7-9-11-13-15-17-19-21-23-24-25-26-27-28-29-30-31-32-33-34-35-36-37-38-39-40-41-42-44-46-48-50-52-54-56-58-60-64(69)65(70)66-62(61-67)63(68)59-57-55-53-51-49-47-45-43-22-20-18-16-14-12-10-8-6-4-2/h22,32-33,43,49,51,57,59,62-64,67-69H,3-21,23-31,34-42,44-48,50,52-56,58,60-61H2,1-2H3,(H,66,70)/b33-32-,43-22+,51-49+,59-57+. The fraction of sp³-hybridized carbons (Fsp3) is 0.862. The molecule has 0 aromatic carbocycles. The lowest BCUT2D eigenvalue weighted by atomic mass is 10.0. The Hall–Kier alpha value is -1.69. The summed E-state index contributed by atoms with van der Waals surface area (Å²) in [6.45, 7) is 4.19. The largest absolute Gasteiger partial charge is 0.394 e. The van der Waals surface area contributed by atoms with Crippen LogP contribution < -0.4 is 5.32 Å². The van der Waals surface area contributed by atoms with Crippen molar-refractivity contribution >= 4 is 5.91 Å². The van der Waals surface area contributed by atoms with Gasteiger partial charge in [-0.05, 0) is 70.6 Å². The SMILES string of the molecule is CCCCCCCCCC/C=C/CC/C=C/CC/C=C/C(O)C(CO)NC(=O)C(O)CCCCCCCCCCCCCCCCCC/C=C\CCCCCCCCCCCCCCCCCCCC. The number of amides is 1. The molecule has 0 aromatic heterocycles. The van der Waals surface area contributed by atoms with Gasteiger partial charge in [0.2, 0.25) is 5.91 Å². The maximum absolute atomic E-state index is 12.6. The van der Waals surface area contributed by atoms with Gasteiger partial charge in [-0.3, -0.25) is 4.79 Å². The van der Waals surface area contributed by atoms with Gasteiger partial charge in [-0.1, -0.05) is 313 Å². The molecule has 0 aliphatic heterocycles. The number of unbranched alkanes of at least 4 members (excludes halogenated alkanes) is 44. The molecule has 0 saturated heterocycles. The minimum Gasteiger partial charge on any atom is -0.394 e. The molecule has 4 N–H and O–H groups in total. The molecule has 3 unspecified atom stereocenters. The molecule has 0 radical (unpaired) electrons. The molecule has 412 valence electrons. The Bertz CT molecular complexity index is 1130. The Morgan fingerprint density at radius 1 is 0.343 bits per heavy atom. The molecular formula is C65H123NO4. The van der Waals surface area contributed by atoms with Gasteiger partial charge >= 0.3 is 0 Å². The molecule has 0 aliphatic rings. The Balaban J connectivity index is 3.51. The minimum absolute atomic E-state index is 0.380. The number of nitrogens with one attached hydrogen (secondary N) is 1. The lowest BCUT2D eigenvalue weighted by Gasteiger charge is -2.21. The second-order valence-electron chi connectivity index (χ2n) is 21.6. The van der Waals surface area contributed by atoms with E-state index in [0.29, 0.717) is 6.42 Å². The second kappa shape index (κ2) is 59.9. The van der Waals surface area contributed by atoms with Crippen LogP contribution in [0.2, 0.25) is 0 Å². The third-order valence-electron chi connectivity index (χ3n) is 14.6. The van der Waals surface area contributed by atoms with E-state index < -0.39 is 24.2 Å². The van der Waals surface area contributed by atoms with E-state index in [1.165, 1.54) is 270 Å². The van der Waals surface area contributed by atoms with Crippen molar-refractivity contribution in [3.8, 4) is 0 Å². The first-order valence-electron chi connectivity index (χ1n) is 31.5. The predicted molar refractivity (Wildman–Crippen MR) is 310 cm³/mol. The first-order chi connectivity index (χ1) is 34.6. The van der Waals surface area contributed by atoms with Crippen LogP contribution in [-0.2, 0) is 4.79 Å². The molecule has 5 nitrogen and oxygen atoms in total. The summed E-state index contributed by atoms with van der Waals surface area (Å²) >= 11 is 0. The lowest BCUT2D eigenvalue weighted by molar-refractivity contribution is -0.131. The maximum Gasteiger partial charge on any atom is 0.249 e. The summed E-state index contributed by atoms with van der Waals surface area (Å²) in [5.74, 6) is -0.513. The average Bonchev–Trinajstić information content (AvgIpc) is 3.36. The van der Waals surface area contributed by atoms with Crippen LogP contribution in [0.4, 0.5) is 0 Å². The summed E-state index contributed by atoms with van der Waals surface area (Å²) in [5.41, 5.74) is 0. The number of rotatable bonds is 58. The number of carbonyl (C=O) groups excluding carboxylic acids is 1. The zero-order valence-electron chi connectivity index (χ0n) is 47.2. The van der Waals surface area contributed by atoms with Crippen LogP contribution in [-0.4, -0.2) is 46.1 Å². The Labute approximate surface area is 437 Å². The first kappa shape index (κ1) is 68.3. The van der Waals surface area contributed by atoms with Crippen LogP contribution in [0, 0.1) is 0 Å². The third kappa shape index (κ3) is 54.1. The number of allylic oxidation sites excluding steroid dienone is 7. The van der Waals surface area contributed by atoms with Gasteiger partial charge in [0.1, 0.15) is 6.10 Å². The van der Waals surface area contributed by atoms with Crippen molar-refractivity contribution in [3.63, 3.8) is 0 Å². The van der Waals surface area contributed by atoms with Gasteiger partial charge in [0.25, 0.3) is 0 Å². The van der Waals surface area contributed by atoms with Gasteiger partial charge in [-0.25, -0.2) is 0 Å². The molecule has 5 heteroatoms. The maximum atomic E-state index is 12.6. The summed E-state index contributed by atoms with van der Waals surface area (Å²) in [6, 6.07) is -0.822. The highest BCUT2D eigenvalue weighted by molar-refractivity contribution is 5.80. The van der Waals surface area contributed by atoms with Crippen LogP contribution >= 0.6 is 0 Å². The summed E-state index contributed by atoms with van der Waals surface area (Å²) in [4.78, 5) is 12.6. The van der Waals surface area contributed by atoms with Gasteiger partial charge in [0.15, 0.2) is 0 Å². The Morgan fingerprint density at radius 2 is 0.586 bits per heavy atom. The fourth-order valence-electron chi connectivity index (χ4n) is 9.75. The zero-order chi connectivity index (χ0) is 50.7. The van der Waals surface area contributed by atoms with Crippen LogP contribution in [0.1, 0.15) is 335 Å². The van der Waals surface area contributed by atoms with E-state index in [2.05, 4.69) is 55.6 Å². The molecule has 0 aliphatic carbocycles. The molecule has 0 aromatic rings. The van der Waals surface area contributed by atoms with E-state index in [0.717, 1.165) is 44.9 Å². The van der Waals surface area contributed by atoms with Crippen molar-refractivity contribution in [2.75, 3.05) is 6.61 Å². The van der Waals surface area contributed by atoms with E-state index in [4.69, 9.17) is 0 Å². The minimum atomic E-state index is -1.11. The molecule has 0 bridgehead atoms. The van der Waals surface area contributed by atoms with E-state index in [1.807, 2.05) is 6.08 Å². The van der Waals surface area contributed by atoms with Gasteiger partial charge in [-0.2, -0.15) is 0 Å². The van der Waals surface area contributed by atoms with Crippen LogP contribution in [0.15, 0.2) is 48.6 Å². The van der Waals surface area contributed by atoms with Crippen molar-refractivity contribution in [1.29, 1.82) is 0 Å². The summed E-state index contributed by atoms with van der Waals surface area (Å²) in [7, 11) is 0. The number of hydrogen-bond acceptors (Lipinski definition) is 4. The first-order valence-corrected chi connectivity index (χ1v) is 31.5. The normalized spacial score (nSPS) is 13.5. The highest BCUT2D eigenvalue weighted by Gasteiger charge is 2.22. The van der Waals surface area contributed by atoms with E-state index >= 15 is 0 Å². The van der Waals surface area contributed by atoms with Crippen molar-refractivity contribution in [2.24, 2.45) is 0 Å². The van der Waals surface area contributed by atoms with Crippen molar-refractivity contribution < 1.29 is 20.1 Å². The molecule has 0 rings (SSSR count). The van der Waals surface area contributed by atoms with Crippen molar-refractivity contribution in [1.82, 2.24) is 5.32 Å². The molecule has 0 saturated carbocycles. The van der Waals surface area contributed by atoms with Crippen LogP contribution in [0.3, 0.4) is 0 Å². The summed E-state index contributed by atoms with van der Waals surface area (Å²) in [5, 5.41) is 33.3. The number of hydrogen-bond donors (Lipinski definition) is 4. The molecule has 0 heterocycles. The van der Waals surface area contributed by atoms with Gasteiger partial charge in [0.05, 0.1) is 18.8 Å². The van der Waals surface area contributed by atoms with E-state index in [9.17, 15) is 20.1 Å². The average molecular weight is 983 g/mol. The highest BCUT2D eigenvalue weighted by Crippen LogP contribution is 2.18. The number of carbonyl (C=O) groups is 1. The predicted octanol–water partition coefficient (Wildman–Crippen LogP) is 20.0. The quantitative estimate of drug-likeness (QED) is 0.0361. The lowest BCUT2D eigenvalue weighted by Crippen LogP contribution is -2.48.